The van der Waals surface area contributed by atoms with Gasteiger partial charge in [-0.3, -0.25) is 19.8 Å². The van der Waals surface area contributed by atoms with Crippen LogP contribution in [0.3, 0.4) is 0 Å². The first-order valence-corrected chi connectivity index (χ1v) is 11.1. The zero-order valence-corrected chi connectivity index (χ0v) is 18.0. The third-order valence-electron chi connectivity index (χ3n) is 5.53. The van der Waals surface area contributed by atoms with Gasteiger partial charge in [-0.2, -0.15) is 0 Å². The van der Waals surface area contributed by atoms with E-state index in [1.807, 2.05) is 5.38 Å². The second-order valence-electron chi connectivity index (χ2n) is 7.72. The highest BCUT2D eigenvalue weighted by Crippen LogP contribution is 2.33. The minimum Gasteiger partial charge on any atom is -0.453 e. The second-order valence-corrected chi connectivity index (χ2v) is 8.58. The number of nitrogens with zero attached hydrogens (tertiary/aromatic N) is 2. The number of esters is 1. The highest BCUT2D eigenvalue weighted by Gasteiger charge is 2.23. The maximum atomic E-state index is 12.1. The van der Waals surface area contributed by atoms with Gasteiger partial charge in [-0.15, -0.1) is 11.3 Å². The Bertz CT molecular complexity index is 1040. The standard InChI is InChI=1S/C22H26N4O3S/c1-14(29-15(2)27)21(28)25-22-24-17(13-30-22)12-26-9-7-16(8-10-26)19-11-23-20-6-4-3-5-18(19)20/h3-6,11,13-14,16,23H,7-10,12H2,1-2H3,(H,24,25,28). The van der Waals surface area contributed by atoms with Gasteiger partial charge < -0.3 is 9.72 Å². The molecule has 3 aromatic rings. The molecule has 1 amide bonds. The molecule has 1 atom stereocenters. The molecule has 2 aromatic heterocycles. The van der Waals surface area contributed by atoms with E-state index in [2.05, 4.69) is 50.6 Å². The van der Waals surface area contributed by atoms with Crippen LogP contribution in [0.15, 0.2) is 35.8 Å². The summed E-state index contributed by atoms with van der Waals surface area (Å²) in [5.41, 5.74) is 3.57. The summed E-state index contributed by atoms with van der Waals surface area (Å²) in [7, 11) is 0. The predicted molar refractivity (Wildman–Crippen MR) is 118 cm³/mol. The number of H-pyrrole nitrogens is 1. The van der Waals surface area contributed by atoms with Gasteiger partial charge in [0.2, 0.25) is 0 Å². The van der Waals surface area contributed by atoms with Crippen molar-refractivity contribution < 1.29 is 14.3 Å². The van der Waals surface area contributed by atoms with E-state index in [9.17, 15) is 9.59 Å². The maximum Gasteiger partial charge on any atom is 0.303 e. The number of hydrogen-bond donors (Lipinski definition) is 2. The Morgan fingerprint density at radius 3 is 2.87 bits per heavy atom. The predicted octanol–water partition coefficient (Wildman–Crippen LogP) is 3.89. The number of ether oxygens (including phenoxy) is 1. The van der Waals surface area contributed by atoms with Crippen LogP contribution in [0.5, 0.6) is 0 Å². The van der Waals surface area contributed by atoms with Crippen LogP contribution in [0.4, 0.5) is 5.13 Å². The van der Waals surface area contributed by atoms with E-state index in [1.165, 1.54) is 34.7 Å². The number of aromatic amines is 1. The number of carbonyl (C=O) groups is 2. The largest absolute Gasteiger partial charge is 0.453 e. The molecule has 1 fully saturated rings. The number of nitrogens with one attached hydrogen (secondary N) is 2. The Balaban J connectivity index is 1.29. The molecule has 8 heteroatoms. The normalized spacial score (nSPS) is 16.5. The van der Waals surface area contributed by atoms with Crippen molar-refractivity contribution in [2.45, 2.75) is 45.3 Å². The van der Waals surface area contributed by atoms with Crippen LogP contribution in [-0.2, 0) is 20.9 Å². The average Bonchev–Trinajstić information content (AvgIpc) is 3.35. The lowest BCUT2D eigenvalue weighted by atomic mass is 9.89. The van der Waals surface area contributed by atoms with Crippen molar-refractivity contribution in [3.05, 3.63) is 47.1 Å². The Morgan fingerprint density at radius 1 is 1.33 bits per heavy atom. The van der Waals surface area contributed by atoms with Crippen LogP contribution in [0, 0.1) is 0 Å². The van der Waals surface area contributed by atoms with Crippen molar-refractivity contribution in [2.24, 2.45) is 0 Å². The van der Waals surface area contributed by atoms with Crippen molar-refractivity contribution in [2.75, 3.05) is 18.4 Å². The van der Waals surface area contributed by atoms with E-state index in [-0.39, 0.29) is 5.91 Å². The van der Waals surface area contributed by atoms with Gasteiger partial charge in [0, 0.05) is 35.9 Å². The fourth-order valence-electron chi connectivity index (χ4n) is 4.01. The van der Waals surface area contributed by atoms with Crippen LogP contribution in [0.1, 0.15) is 43.9 Å². The highest BCUT2D eigenvalue weighted by molar-refractivity contribution is 7.13. The molecular weight excluding hydrogens is 400 g/mol. The van der Waals surface area contributed by atoms with Gasteiger partial charge in [-0.05, 0) is 50.4 Å². The lowest BCUT2D eigenvalue weighted by Gasteiger charge is -2.31. The van der Waals surface area contributed by atoms with E-state index in [1.54, 1.807) is 6.92 Å². The number of rotatable bonds is 6. The first-order valence-electron chi connectivity index (χ1n) is 10.2. The number of benzene rings is 1. The topological polar surface area (TPSA) is 87.3 Å². The number of fused-ring (bicyclic) bond motifs is 1. The number of thiazole rings is 1. The van der Waals surface area contributed by atoms with Gasteiger partial charge in [-0.1, -0.05) is 18.2 Å². The monoisotopic (exact) mass is 426 g/mol. The molecule has 2 N–H and O–H groups in total. The van der Waals surface area contributed by atoms with Gasteiger partial charge in [0.05, 0.1) is 5.69 Å². The number of aromatic nitrogens is 2. The Morgan fingerprint density at radius 2 is 2.10 bits per heavy atom. The number of para-hydroxylation sites is 1. The van der Waals surface area contributed by atoms with Gasteiger partial charge in [-0.25, -0.2) is 4.98 Å². The molecule has 1 unspecified atom stereocenters. The van der Waals surface area contributed by atoms with Crippen molar-refractivity contribution >= 4 is 39.2 Å². The molecule has 1 aromatic carbocycles. The minimum absolute atomic E-state index is 0.370. The van der Waals surface area contributed by atoms with E-state index < -0.39 is 12.1 Å². The second kappa shape index (κ2) is 8.97. The SMILES string of the molecule is CC(=O)OC(C)C(=O)Nc1nc(CN2CCC(c3c[nH]c4ccccc34)CC2)cs1. The molecule has 1 saturated heterocycles. The summed E-state index contributed by atoms with van der Waals surface area (Å²) in [5, 5.41) is 6.55. The van der Waals surface area contributed by atoms with Gasteiger partial charge in [0.1, 0.15) is 0 Å². The van der Waals surface area contributed by atoms with Crippen LogP contribution in [0.25, 0.3) is 10.9 Å². The Hall–Kier alpha value is -2.71. The molecule has 158 valence electrons. The molecule has 0 spiro atoms. The zero-order valence-electron chi connectivity index (χ0n) is 17.2. The molecule has 1 aliphatic rings. The summed E-state index contributed by atoms with van der Waals surface area (Å²) >= 11 is 1.39. The molecule has 0 radical (unpaired) electrons. The van der Waals surface area contributed by atoms with Crippen LogP contribution in [0.2, 0.25) is 0 Å². The van der Waals surface area contributed by atoms with Crippen molar-refractivity contribution in [1.82, 2.24) is 14.9 Å². The lowest BCUT2D eigenvalue weighted by molar-refractivity contribution is -0.150. The quantitative estimate of drug-likeness (QED) is 0.584. The van der Waals surface area contributed by atoms with E-state index in [0.717, 1.165) is 38.2 Å². The first-order chi connectivity index (χ1) is 14.5. The molecule has 30 heavy (non-hydrogen) atoms. The number of carbonyl (C=O) groups excluding carboxylic acids is 2. The van der Waals surface area contributed by atoms with Crippen LogP contribution in [-0.4, -0.2) is 45.9 Å². The number of hydrogen-bond acceptors (Lipinski definition) is 6. The molecule has 7 nitrogen and oxygen atoms in total. The molecule has 0 aliphatic carbocycles. The summed E-state index contributed by atoms with van der Waals surface area (Å²) in [4.78, 5) is 33.3. The first kappa shape index (κ1) is 20.6. The Kier molecular flexibility index (Phi) is 6.15. The van der Waals surface area contributed by atoms with Gasteiger partial charge >= 0.3 is 5.97 Å². The van der Waals surface area contributed by atoms with Crippen molar-refractivity contribution in [3.8, 4) is 0 Å². The maximum absolute atomic E-state index is 12.1. The molecule has 4 rings (SSSR count). The summed E-state index contributed by atoms with van der Waals surface area (Å²) in [6.07, 6.45) is 3.57. The van der Waals surface area contributed by atoms with E-state index in [0.29, 0.717) is 11.0 Å². The van der Waals surface area contributed by atoms with E-state index >= 15 is 0 Å². The fourth-order valence-corrected chi connectivity index (χ4v) is 4.71. The van der Waals surface area contributed by atoms with Crippen LogP contribution < -0.4 is 5.32 Å². The van der Waals surface area contributed by atoms with Crippen molar-refractivity contribution in [1.29, 1.82) is 0 Å². The number of likely N-dealkylation sites (tertiary alicyclic amines) is 1. The highest BCUT2D eigenvalue weighted by atomic mass is 32.1. The summed E-state index contributed by atoms with van der Waals surface area (Å²) in [6.45, 7) is 5.64. The number of piperidine rings is 1. The van der Waals surface area contributed by atoms with Crippen LogP contribution >= 0.6 is 11.3 Å². The lowest BCUT2D eigenvalue weighted by Crippen LogP contribution is -2.32. The third-order valence-corrected chi connectivity index (χ3v) is 6.33. The minimum atomic E-state index is -0.835. The molecule has 1 aliphatic heterocycles. The van der Waals surface area contributed by atoms with Crippen molar-refractivity contribution in [3.63, 3.8) is 0 Å². The zero-order chi connectivity index (χ0) is 21.1. The molecule has 0 saturated carbocycles. The van der Waals surface area contributed by atoms with Gasteiger partial charge in [0.25, 0.3) is 5.91 Å². The molecule has 3 heterocycles. The Labute approximate surface area is 179 Å². The summed E-state index contributed by atoms with van der Waals surface area (Å²) in [6, 6.07) is 8.48. The van der Waals surface area contributed by atoms with Gasteiger partial charge in [0.15, 0.2) is 11.2 Å². The molecule has 0 bridgehead atoms. The summed E-state index contributed by atoms with van der Waals surface area (Å²) in [5.74, 6) is -0.274. The fraction of sp³-hybridized carbons (Fsp3) is 0.409. The summed E-state index contributed by atoms with van der Waals surface area (Å²) < 4.78 is 4.90. The average molecular weight is 427 g/mol. The number of anilines is 1. The number of amides is 1. The smallest absolute Gasteiger partial charge is 0.303 e. The third kappa shape index (κ3) is 4.71. The molecular formula is C22H26N4O3S. The van der Waals surface area contributed by atoms with E-state index in [4.69, 9.17) is 4.74 Å².